The van der Waals surface area contributed by atoms with Gasteiger partial charge in [-0.15, -0.1) is 0 Å². The predicted octanol–water partition coefficient (Wildman–Crippen LogP) is 18.4. The summed E-state index contributed by atoms with van der Waals surface area (Å²) in [6.45, 7) is 0.656. The molecule has 1 unspecified atom stereocenters. The number of rotatable bonds is 12. The van der Waals surface area contributed by atoms with E-state index < -0.39 is 5.41 Å². The van der Waals surface area contributed by atoms with Crippen LogP contribution in [0.5, 0.6) is 0 Å². The number of nitrogens with zero attached hydrogens (tertiary/aromatic N) is 2. The third kappa shape index (κ3) is 7.72. The summed E-state index contributed by atoms with van der Waals surface area (Å²) in [6.07, 6.45) is 2.81. The predicted molar refractivity (Wildman–Crippen MR) is 316 cm³/mol. The van der Waals surface area contributed by atoms with Crippen LogP contribution in [0.3, 0.4) is 0 Å². The van der Waals surface area contributed by atoms with Crippen molar-refractivity contribution in [1.29, 1.82) is 0 Å². The molecular formula is C73H54N2. The summed E-state index contributed by atoms with van der Waals surface area (Å²) in [5.41, 5.74) is 19.9. The fourth-order valence-corrected chi connectivity index (χ4v) is 12.6. The molecule has 13 aromatic rings. The van der Waals surface area contributed by atoms with Gasteiger partial charge in [-0.25, -0.2) is 0 Å². The van der Waals surface area contributed by atoms with Gasteiger partial charge < -0.3 is 9.47 Å². The minimum Gasteiger partial charge on any atom is -0.337 e. The van der Waals surface area contributed by atoms with Gasteiger partial charge in [0.25, 0.3) is 0 Å². The highest BCUT2D eigenvalue weighted by Gasteiger charge is 2.45. The summed E-state index contributed by atoms with van der Waals surface area (Å²) in [4.78, 5) is 2.56. The van der Waals surface area contributed by atoms with Crippen LogP contribution in [0.25, 0.3) is 71.3 Å². The van der Waals surface area contributed by atoms with E-state index in [0.717, 1.165) is 30.6 Å². The Labute approximate surface area is 439 Å². The second-order valence-corrected chi connectivity index (χ2v) is 20.3. The molecule has 0 spiro atoms. The quantitative estimate of drug-likeness (QED) is 0.118. The van der Waals surface area contributed by atoms with Crippen molar-refractivity contribution in [3.63, 3.8) is 0 Å². The average Bonchev–Trinajstić information content (AvgIpc) is 4.02. The first-order chi connectivity index (χ1) is 37.2. The second kappa shape index (κ2) is 18.7. The van der Waals surface area contributed by atoms with Gasteiger partial charge in [-0.05, 0) is 127 Å². The van der Waals surface area contributed by atoms with Crippen molar-refractivity contribution in [2.45, 2.75) is 31.2 Å². The van der Waals surface area contributed by atoms with Gasteiger partial charge in [0, 0.05) is 39.6 Å². The summed E-state index contributed by atoms with van der Waals surface area (Å²) < 4.78 is 2.54. The van der Waals surface area contributed by atoms with Gasteiger partial charge in [0.2, 0.25) is 0 Å². The van der Waals surface area contributed by atoms with Crippen LogP contribution in [0.4, 0.5) is 11.4 Å². The van der Waals surface area contributed by atoms with E-state index in [-0.39, 0.29) is 0 Å². The molecule has 75 heavy (non-hydrogen) atoms. The zero-order valence-electron chi connectivity index (χ0n) is 41.8. The number of anilines is 2. The van der Waals surface area contributed by atoms with Gasteiger partial charge in [0.1, 0.15) is 0 Å². The fourth-order valence-electron chi connectivity index (χ4n) is 12.6. The molecule has 0 radical (unpaired) electrons. The Hall–Kier alpha value is -9.24. The van der Waals surface area contributed by atoms with E-state index in [1.807, 2.05) is 0 Å². The third-order valence-corrected chi connectivity index (χ3v) is 16.2. The Balaban J connectivity index is 0.961. The van der Waals surface area contributed by atoms with Crippen LogP contribution >= 0.6 is 0 Å². The molecule has 0 saturated heterocycles. The number of aryl methyl sites for hydroxylation is 2. The number of hydrogen-bond acceptors (Lipinski definition) is 1. The normalized spacial score (nSPS) is 13.9. The van der Waals surface area contributed by atoms with E-state index in [1.165, 1.54) is 110 Å². The highest BCUT2D eigenvalue weighted by Crippen LogP contribution is 2.56. The smallest absolute Gasteiger partial charge is 0.0619 e. The van der Waals surface area contributed by atoms with Crippen LogP contribution in [0.1, 0.15) is 38.9 Å². The van der Waals surface area contributed by atoms with Crippen molar-refractivity contribution < 1.29 is 0 Å². The van der Waals surface area contributed by atoms with Gasteiger partial charge >= 0.3 is 0 Å². The Morgan fingerprint density at radius 1 is 0.360 bits per heavy atom. The van der Waals surface area contributed by atoms with E-state index in [4.69, 9.17) is 0 Å². The zero-order chi connectivity index (χ0) is 49.7. The average molecular weight is 959 g/mol. The molecule has 0 N–H and O–H groups in total. The molecule has 356 valence electrons. The van der Waals surface area contributed by atoms with Gasteiger partial charge in [0.15, 0.2) is 0 Å². The molecular weight excluding hydrogens is 905 g/mol. The highest BCUT2D eigenvalue weighted by atomic mass is 15.1. The van der Waals surface area contributed by atoms with E-state index in [2.05, 4.69) is 289 Å². The fraction of sp³-hybridized carbons (Fsp3) is 0.0685. The lowest BCUT2D eigenvalue weighted by atomic mass is 9.68. The van der Waals surface area contributed by atoms with Crippen LogP contribution < -0.4 is 4.90 Å². The van der Waals surface area contributed by atoms with Crippen molar-refractivity contribution in [2.75, 3.05) is 4.90 Å². The first-order valence-corrected chi connectivity index (χ1v) is 26.4. The maximum Gasteiger partial charge on any atom is 0.0619 e. The molecule has 0 saturated carbocycles. The molecule has 1 atom stereocenters. The molecule has 0 amide bonds. The monoisotopic (exact) mass is 958 g/mol. The highest BCUT2D eigenvalue weighted by molar-refractivity contribution is 6.19. The van der Waals surface area contributed by atoms with Crippen LogP contribution in [0.15, 0.2) is 279 Å². The lowest BCUT2D eigenvalue weighted by Crippen LogP contribution is -2.30. The number of hydrogen-bond donors (Lipinski definition) is 0. The standard InChI is InChI=1S/C73H54N2/c1-4-20-51(21-5-1)36-38-54-23-11-13-28-58(54)49-73(59-29-8-3-9-30-59)68-34-18-16-33-64(68)65-45-42-61(48-69(65)73)74(60-41-39-53-22-10-12-27-57(53)47-60)50-52-37-43-66-67-44-40-56-26-14-15-32-63(56)72(67)75(71(66)46-52)70-35-19-17-31-62(70)55-24-6-2-7-25-55/h1-35,37,39-48H,36,38,49-50H2. The number of para-hydroxylation sites is 1. The number of fused-ring (bicyclic) bond motifs is 9. The Morgan fingerprint density at radius 2 is 0.973 bits per heavy atom. The maximum atomic E-state index is 2.56. The molecule has 1 heterocycles. The van der Waals surface area contributed by atoms with Crippen molar-refractivity contribution in [3.8, 4) is 27.9 Å². The molecule has 0 bridgehead atoms. The number of aromatic nitrogens is 1. The molecule has 1 aromatic heterocycles. The molecule has 12 aromatic carbocycles. The lowest BCUT2D eigenvalue weighted by Gasteiger charge is -2.35. The van der Waals surface area contributed by atoms with Crippen LogP contribution in [0.2, 0.25) is 0 Å². The van der Waals surface area contributed by atoms with Crippen molar-refractivity contribution in [2.24, 2.45) is 0 Å². The van der Waals surface area contributed by atoms with Gasteiger partial charge in [-0.1, -0.05) is 243 Å². The van der Waals surface area contributed by atoms with Gasteiger partial charge in [-0.3, -0.25) is 0 Å². The summed E-state index contributed by atoms with van der Waals surface area (Å²) in [5.74, 6) is 0. The molecule has 2 heteroatoms. The SMILES string of the molecule is c1ccc(CCc2ccccc2CC2(c3ccccc3)c3ccccc3-c3ccc(N(Cc4ccc5c6ccc7ccccc7c6n(-c6ccccc6-c6ccccc6)c5c4)c4ccc5ccccc5c4)cc32)cc1. The zero-order valence-corrected chi connectivity index (χ0v) is 41.8. The molecule has 14 rings (SSSR count). The molecule has 0 fully saturated rings. The third-order valence-electron chi connectivity index (χ3n) is 16.2. The Kier molecular flexibility index (Phi) is 11.1. The van der Waals surface area contributed by atoms with Crippen LogP contribution in [-0.4, -0.2) is 4.57 Å². The van der Waals surface area contributed by atoms with Crippen molar-refractivity contribution in [3.05, 3.63) is 318 Å². The first-order valence-electron chi connectivity index (χ1n) is 26.4. The molecule has 2 nitrogen and oxygen atoms in total. The van der Waals surface area contributed by atoms with Crippen LogP contribution in [0, 0.1) is 0 Å². The summed E-state index contributed by atoms with van der Waals surface area (Å²) in [7, 11) is 0. The minimum atomic E-state index is -0.449. The number of benzene rings is 12. The topological polar surface area (TPSA) is 8.17 Å². The molecule has 0 aliphatic heterocycles. The Morgan fingerprint density at radius 3 is 1.81 bits per heavy atom. The van der Waals surface area contributed by atoms with Gasteiger partial charge in [0.05, 0.1) is 22.1 Å². The molecule has 1 aliphatic carbocycles. The Bertz CT molecular complexity index is 4250. The lowest BCUT2D eigenvalue weighted by molar-refractivity contribution is 0.625. The van der Waals surface area contributed by atoms with E-state index in [1.54, 1.807) is 0 Å². The minimum absolute atomic E-state index is 0.449. The summed E-state index contributed by atoms with van der Waals surface area (Å²) in [6, 6.07) is 104. The first kappa shape index (κ1) is 44.5. The molecule has 1 aliphatic rings. The summed E-state index contributed by atoms with van der Waals surface area (Å²) >= 11 is 0. The van der Waals surface area contributed by atoms with E-state index in [9.17, 15) is 0 Å². The second-order valence-electron chi connectivity index (χ2n) is 20.3. The van der Waals surface area contributed by atoms with Crippen molar-refractivity contribution in [1.82, 2.24) is 4.57 Å². The van der Waals surface area contributed by atoms with E-state index in [0.29, 0.717) is 6.54 Å². The van der Waals surface area contributed by atoms with E-state index >= 15 is 0 Å². The largest absolute Gasteiger partial charge is 0.337 e. The summed E-state index contributed by atoms with van der Waals surface area (Å²) in [5, 5.41) is 7.42. The van der Waals surface area contributed by atoms with Crippen LogP contribution in [-0.2, 0) is 31.2 Å². The van der Waals surface area contributed by atoms with Crippen molar-refractivity contribution >= 4 is 54.7 Å². The van der Waals surface area contributed by atoms with Gasteiger partial charge in [-0.2, -0.15) is 0 Å². The maximum absolute atomic E-state index is 2.56.